The van der Waals surface area contributed by atoms with Gasteiger partial charge >= 0.3 is 0 Å². The molecule has 0 spiro atoms. The molecule has 1 aromatic heterocycles. The van der Waals surface area contributed by atoms with Crippen molar-refractivity contribution in [3.63, 3.8) is 0 Å². The molecule has 1 N–H and O–H groups in total. The highest BCUT2D eigenvalue weighted by Crippen LogP contribution is 2.24. The number of nitriles is 1. The summed E-state index contributed by atoms with van der Waals surface area (Å²) < 4.78 is 4.93. The second-order valence-corrected chi connectivity index (χ2v) is 2.73. The Morgan fingerprint density at radius 2 is 2.00 bits per heavy atom. The van der Waals surface area contributed by atoms with Crippen LogP contribution in [0.1, 0.15) is 5.56 Å². The third-order valence-corrected chi connectivity index (χ3v) is 1.82. The Balaban J connectivity index is 2.50. The minimum atomic E-state index is 0.173. The molecule has 4 heteroatoms. The Kier molecular flexibility index (Phi) is 1.92. The molecule has 2 aromatic rings. The maximum atomic E-state index is 9.07. The fraction of sp³-hybridized carbons (Fsp3) is 0. The second kappa shape index (κ2) is 3.23. The summed E-state index contributed by atoms with van der Waals surface area (Å²) in [5.41, 5.74) is 1.10. The number of phenols is 1. The van der Waals surface area contributed by atoms with Gasteiger partial charge in [0.2, 0.25) is 0 Å². The van der Waals surface area contributed by atoms with Gasteiger partial charge in [-0.15, -0.1) is 0 Å². The van der Waals surface area contributed by atoms with E-state index in [-0.39, 0.29) is 5.75 Å². The maximum absolute atomic E-state index is 9.07. The maximum Gasteiger partial charge on any atom is 0.184 e. The van der Waals surface area contributed by atoms with Gasteiger partial charge in [-0.1, -0.05) is 5.16 Å². The second-order valence-electron chi connectivity index (χ2n) is 2.73. The molecule has 1 heterocycles. The molecular formula is C10H6N2O2. The Morgan fingerprint density at radius 3 is 2.64 bits per heavy atom. The molecule has 2 rings (SSSR count). The summed E-state index contributed by atoms with van der Waals surface area (Å²) in [6.07, 6.45) is 1.36. The Bertz CT molecular complexity index is 480. The van der Waals surface area contributed by atoms with Crippen LogP contribution in [-0.4, -0.2) is 10.3 Å². The molecule has 0 saturated heterocycles. The number of aromatic hydroxyl groups is 1. The summed E-state index contributed by atoms with van der Waals surface area (Å²) in [6.45, 7) is 0. The zero-order valence-corrected chi connectivity index (χ0v) is 7.14. The van der Waals surface area contributed by atoms with E-state index in [1.54, 1.807) is 12.1 Å². The van der Waals surface area contributed by atoms with Gasteiger partial charge in [0.15, 0.2) is 5.76 Å². The molecule has 68 valence electrons. The molecule has 0 fully saturated rings. The quantitative estimate of drug-likeness (QED) is 0.738. The van der Waals surface area contributed by atoms with Crippen LogP contribution in [-0.2, 0) is 0 Å². The Morgan fingerprint density at radius 1 is 1.29 bits per heavy atom. The van der Waals surface area contributed by atoms with Crippen LogP contribution in [0.3, 0.4) is 0 Å². The summed E-state index contributed by atoms with van der Waals surface area (Å²) >= 11 is 0. The van der Waals surface area contributed by atoms with Gasteiger partial charge in [-0.25, -0.2) is 0 Å². The van der Waals surface area contributed by atoms with Crippen LogP contribution in [0, 0.1) is 11.3 Å². The van der Waals surface area contributed by atoms with Crippen molar-refractivity contribution in [3.8, 4) is 23.1 Å². The smallest absolute Gasteiger partial charge is 0.184 e. The van der Waals surface area contributed by atoms with Crippen molar-refractivity contribution in [1.82, 2.24) is 5.16 Å². The molecule has 0 bridgehead atoms. The average molecular weight is 186 g/mol. The monoisotopic (exact) mass is 186 g/mol. The minimum Gasteiger partial charge on any atom is -0.508 e. The van der Waals surface area contributed by atoms with Gasteiger partial charge in [-0.05, 0) is 24.3 Å². The van der Waals surface area contributed by atoms with E-state index in [2.05, 4.69) is 5.16 Å². The molecule has 14 heavy (non-hydrogen) atoms. The zero-order chi connectivity index (χ0) is 9.97. The lowest BCUT2D eigenvalue weighted by Crippen LogP contribution is -1.77. The first-order valence-electron chi connectivity index (χ1n) is 3.95. The highest BCUT2D eigenvalue weighted by molar-refractivity contribution is 5.64. The number of rotatable bonds is 1. The number of phenolic OH excluding ortho intramolecular Hbond substituents is 1. The lowest BCUT2D eigenvalue weighted by Gasteiger charge is -1.95. The van der Waals surface area contributed by atoms with Gasteiger partial charge in [0.05, 0.1) is 6.20 Å². The summed E-state index contributed by atoms with van der Waals surface area (Å²) in [7, 11) is 0. The largest absolute Gasteiger partial charge is 0.508 e. The van der Waals surface area contributed by atoms with Crippen LogP contribution < -0.4 is 0 Å². The summed E-state index contributed by atoms with van der Waals surface area (Å²) in [5, 5.41) is 21.3. The van der Waals surface area contributed by atoms with Crippen molar-refractivity contribution < 1.29 is 9.63 Å². The van der Waals surface area contributed by atoms with Crippen LogP contribution >= 0.6 is 0 Å². The molecular weight excluding hydrogens is 180 g/mol. The normalized spacial score (nSPS) is 9.64. The van der Waals surface area contributed by atoms with E-state index >= 15 is 0 Å². The highest BCUT2D eigenvalue weighted by Gasteiger charge is 2.09. The van der Waals surface area contributed by atoms with Crippen LogP contribution in [0.15, 0.2) is 35.0 Å². The third-order valence-electron chi connectivity index (χ3n) is 1.82. The SMILES string of the molecule is N#Cc1cnoc1-c1ccc(O)cc1. The number of hydrogen-bond acceptors (Lipinski definition) is 4. The minimum absolute atomic E-state index is 0.173. The molecule has 1 aromatic carbocycles. The number of aromatic nitrogens is 1. The molecule has 0 aliphatic carbocycles. The van der Waals surface area contributed by atoms with Crippen molar-refractivity contribution in [2.24, 2.45) is 0 Å². The van der Waals surface area contributed by atoms with Crippen LogP contribution in [0.25, 0.3) is 11.3 Å². The first kappa shape index (κ1) is 8.32. The Hall–Kier alpha value is -2.28. The van der Waals surface area contributed by atoms with Gasteiger partial charge in [0.1, 0.15) is 17.4 Å². The predicted octanol–water partition coefficient (Wildman–Crippen LogP) is 1.92. The first-order valence-corrected chi connectivity index (χ1v) is 3.95. The van der Waals surface area contributed by atoms with Gasteiger partial charge in [0.25, 0.3) is 0 Å². The van der Waals surface area contributed by atoms with Crippen molar-refractivity contribution in [2.75, 3.05) is 0 Å². The van der Waals surface area contributed by atoms with Crippen LogP contribution in [0.2, 0.25) is 0 Å². The summed E-state index contributed by atoms with van der Waals surface area (Å²) in [6, 6.07) is 8.35. The Labute approximate surface area is 80.0 Å². The van der Waals surface area contributed by atoms with Crippen molar-refractivity contribution >= 4 is 0 Å². The molecule has 0 aliphatic heterocycles. The summed E-state index contributed by atoms with van der Waals surface area (Å²) in [4.78, 5) is 0. The van der Waals surface area contributed by atoms with Crippen LogP contribution in [0.5, 0.6) is 5.75 Å². The molecule has 0 aliphatic rings. The van der Waals surface area contributed by atoms with E-state index in [1.807, 2.05) is 6.07 Å². The predicted molar refractivity (Wildman–Crippen MR) is 48.3 cm³/mol. The lowest BCUT2D eigenvalue weighted by molar-refractivity contribution is 0.432. The molecule has 0 radical (unpaired) electrons. The number of nitrogens with zero attached hydrogens (tertiary/aromatic N) is 2. The number of hydrogen-bond donors (Lipinski definition) is 1. The first-order chi connectivity index (χ1) is 6.81. The van der Waals surface area contributed by atoms with Crippen molar-refractivity contribution in [2.45, 2.75) is 0 Å². The van der Waals surface area contributed by atoms with Gasteiger partial charge in [-0.3, -0.25) is 0 Å². The topological polar surface area (TPSA) is 70.0 Å². The van der Waals surface area contributed by atoms with E-state index in [1.165, 1.54) is 18.3 Å². The van der Waals surface area contributed by atoms with E-state index in [0.29, 0.717) is 11.3 Å². The molecule has 0 saturated carbocycles. The van der Waals surface area contributed by atoms with E-state index in [4.69, 9.17) is 14.9 Å². The third kappa shape index (κ3) is 1.31. The van der Waals surface area contributed by atoms with E-state index in [0.717, 1.165) is 5.56 Å². The molecule has 0 unspecified atom stereocenters. The molecule has 0 atom stereocenters. The average Bonchev–Trinajstić information content (AvgIpc) is 2.67. The fourth-order valence-corrected chi connectivity index (χ4v) is 1.14. The lowest BCUT2D eigenvalue weighted by atomic mass is 10.1. The van der Waals surface area contributed by atoms with Crippen LogP contribution in [0.4, 0.5) is 0 Å². The standard InChI is InChI=1S/C10H6N2O2/c11-5-8-6-12-14-10(8)7-1-3-9(13)4-2-7/h1-4,6,13H. The van der Waals surface area contributed by atoms with Crippen molar-refractivity contribution in [1.29, 1.82) is 5.26 Å². The summed E-state index contributed by atoms with van der Waals surface area (Å²) in [5.74, 6) is 0.597. The zero-order valence-electron chi connectivity index (χ0n) is 7.14. The van der Waals surface area contributed by atoms with E-state index < -0.39 is 0 Å². The van der Waals surface area contributed by atoms with Gasteiger partial charge in [-0.2, -0.15) is 5.26 Å². The number of benzene rings is 1. The fourth-order valence-electron chi connectivity index (χ4n) is 1.14. The van der Waals surface area contributed by atoms with Crippen molar-refractivity contribution in [3.05, 3.63) is 36.0 Å². The van der Waals surface area contributed by atoms with Gasteiger partial charge < -0.3 is 9.63 Å². The van der Waals surface area contributed by atoms with E-state index in [9.17, 15) is 0 Å². The molecule has 0 amide bonds. The van der Waals surface area contributed by atoms with Gasteiger partial charge in [0, 0.05) is 5.56 Å². The molecule has 4 nitrogen and oxygen atoms in total. The highest BCUT2D eigenvalue weighted by atomic mass is 16.5.